The highest BCUT2D eigenvalue weighted by molar-refractivity contribution is 5.88. The molecule has 0 aromatic rings. The Kier molecular flexibility index (Phi) is 6.66. The maximum atomic E-state index is 11.1. The first-order valence-electron chi connectivity index (χ1n) is 4.87. The van der Waals surface area contributed by atoms with Crippen LogP contribution < -0.4 is 0 Å². The molecule has 0 aliphatic carbocycles. The van der Waals surface area contributed by atoms with E-state index in [4.69, 9.17) is 9.84 Å². The van der Waals surface area contributed by atoms with Crippen molar-refractivity contribution in [2.24, 2.45) is 0 Å². The summed E-state index contributed by atoms with van der Waals surface area (Å²) in [4.78, 5) is 11.1. The van der Waals surface area contributed by atoms with Crippen LogP contribution in [0.5, 0.6) is 0 Å². The van der Waals surface area contributed by atoms with Gasteiger partial charge in [0.1, 0.15) is 0 Å². The molecular weight excluding hydrogens is 196 g/mol. The molecule has 4 nitrogen and oxygen atoms in total. The molecule has 0 fully saturated rings. The van der Waals surface area contributed by atoms with Crippen LogP contribution in [0.1, 0.15) is 20.8 Å². The first-order valence-corrected chi connectivity index (χ1v) is 4.87. The zero-order chi connectivity index (χ0) is 11.8. The topological polar surface area (TPSA) is 66.8 Å². The molecular formula is C11H18O4. The molecule has 0 aromatic heterocycles. The van der Waals surface area contributed by atoms with Crippen LogP contribution in [0.25, 0.3) is 0 Å². The molecule has 0 heterocycles. The predicted molar refractivity (Wildman–Crippen MR) is 57.2 cm³/mol. The molecule has 0 aliphatic rings. The quantitative estimate of drug-likeness (QED) is 0.403. The van der Waals surface area contributed by atoms with Gasteiger partial charge in [0.2, 0.25) is 0 Å². The summed E-state index contributed by atoms with van der Waals surface area (Å²) in [5.74, 6) is -0.381. The molecule has 0 spiro atoms. The molecule has 0 saturated carbocycles. The molecule has 0 rings (SSSR count). The predicted octanol–water partition coefficient (Wildman–Crippen LogP) is 0.794. The molecule has 2 atom stereocenters. The fourth-order valence-electron chi connectivity index (χ4n) is 0.788. The van der Waals surface area contributed by atoms with Crippen molar-refractivity contribution in [3.63, 3.8) is 0 Å². The first-order chi connectivity index (χ1) is 6.99. The fourth-order valence-corrected chi connectivity index (χ4v) is 0.788. The standard InChI is InChI=1S/C11H18O4/c1-4-15-11(14)8(2)6-5-7-10(13)9(3)12/h5-7,9-10,12-13H,4H2,1-3H3/b7-5+,8-6+/t9-,10-/m1/s1. The van der Waals surface area contributed by atoms with Gasteiger partial charge in [-0.05, 0) is 20.8 Å². The summed E-state index contributed by atoms with van der Waals surface area (Å²) < 4.78 is 4.76. The van der Waals surface area contributed by atoms with Crippen molar-refractivity contribution in [3.05, 3.63) is 23.8 Å². The Bertz CT molecular complexity index is 253. The average Bonchev–Trinajstić information content (AvgIpc) is 2.17. The smallest absolute Gasteiger partial charge is 0.333 e. The highest BCUT2D eigenvalue weighted by Crippen LogP contribution is 1.99. The van der Waals surface area contributed by atoms with Crippen LogP contribution in [0.4, 0.5) is 0 Å². The number of carbonyl (C=O) groups is 1. The van der Waals surface area contributed by atoms with Crippen LogP contribution in [-0.2, 0) is 9.53 Å². The third kappa shape index (κ3) is 6.04. The molecule has 0 aliphatic heterocycles. The maximum Gasteiger partial charge on any atom is 0.333 e. The Morgan fingerprint density at radius 2 is 2.07 bits per heavy atom. The number of aliphatic hydroxyl groups excluding tert-OH is 2. The molecule has 86 valence electrons. The van der Waals surface area contributed by atoms with E-state index in [-0.39, 0.29) is 5.97 Å². The van der Waals surface area contributed by atoms with Gasteiger partial charge in [0.15, 0.2) is 0 Å². The lowest BCUT2D eigenvalue weighted by Gasteiger charge is -2.06. The number of ether oxygens (including phenoxy) is 1. The Morgan fingerprint density at radius 3 is 2.53 bits per heavy atom. The zero-order valence-corrected chi connectivity index (χ0v) is 9.30. The fraction of sp³-hybridized carbons (Fsp3) is 0.545. The van der Waals surface area contributed by atoms with Crippen molar-refractivity contribution in [1.29, 1.82) is 0 Å². The second-order valence-corrected chi connectivity index (χ2v) is 3.19. The van der Waals surface area contributed by atoms with Crippen molar-refractivity contribution >= 4 is 5.97 Å². The summed E-state index contributed by atoms with van der Waals surface area (Å²) in [5, 5.41) is 18.2. The van der Waals surface area contributed by atoms with Crippen LogP contribution in [0, 0.1) is 0 Å². The van der Waals surface area contributed by atoms with Crippen LogP contribution in [0.3, 0.4) is 0 Å². The van der Waals surface area contributed by atoms with E-state index in [2.05, 4.69) is 0 Å². The molecule has 4 heteroatoms. The number of allylic oxidation sites excluding steroid dienone is 2. The molecule has 0 unspecified atom stereocenters. The largest absolute Gasteiger partial charge is 0.463 e. The van der Waals surface area contributed by atoms with E-state index in [0.717, 1.165) is 0 Å². The van der Waals surface area contributed by atoms with E-state index < -0.39 is 12.2 Å². The van der Waals surface area contributed by atoms with Gasteiger partial charge in [0, 0.05) is 5.57 Å². The summed E-state index contributed by atoms with van der Waals surface area (Å²) in [5.41, 5.74) is 0.450. The molecule has 0 aromatic carbocycles. The molecule has 0 amide bonds. The Labute approximate surface area is 89.9 Å². The minimum atomic E-state index is -0.920. The van der Waals surface area contributed by atoms with Gasteiger partial charge in [-0.25, -0.2) is 4.79 Å². The van der Waals surface area contributed by atoms with Gasteiger partial charge in [-0.15, -0.1) is 0 Å². The van der Waals surface area contributed by atoms with Crippen molar-refractivity contribution in [3.8, 4) is 0 Å². The average molecular weight is 214 g/mol. The van der Waals surface area contributed by atoms with Crippen LogP contribution in [0.2, 0.25) is 0 Å². The normalized spacial score (nSPS) is 16.5. The highest BCUT2D eigenvalue weighted by Gasteiger charge is 2.05. The lowest BCUT2D eigenvalue weighted by molar-refractivity contribution is -0.138. The molecule has 0 radical (unpaired) electrons. The third-order valence-electron chi connectivity index (χ3n) is 1.75. The highest BCUT2D eigenvalue weighted by atomic mass is 16.5. The summed E-state index contributed by atoms with van der Waals surface area (Å²) >= 11 is 0. The molecule has 0 bridgehead atoms. The SMILES string of the molecule is CCOC(=O)/C(C)=C/C=C/[C@@H](O)[C@@H](C)O. The molecule has 0 saturated heterocycles. The van der Waals surface area contributed by atoms with E-state index in [1.54, 1.807) is 13.8 Å². The van der Waals surface area contributed by atoms with Crippen molar-refractivity contribution in [2.45, 2.75) is 33.0 Å². The van der Waals surface area contributed by atoms with Gasteiger partial charge >= 0.3 is 5.97 Å². The molecule has 15 heavy (non-hydrogen) atoms. The van der Waals surface area contributed by atoms with E-state index >= 15 is 0 Å². The number of aliphatic hydroxyl groups is 2. The number of hydrogen-bond acceptors (Lipinski definition) is 4. The van der Waals surface area contributed by atoms with Gasteiger partial charge in [0.05, 0.1) is 18.8 Å². The maximum absolute atomic E-state index is 11.1. The van der Waals surface area contributed by atoms with Crippen molar-refractivity contribution in [1.82, 2.24) is 0 Å². The first kappa shape index (κ1) is 13.9. The van der Waals surface area contributed by atoms with Crippen LogP contribution in [-0.4, -0.2) is 35.0 Å². The minimum Gasteiger partial charge on any atom is -0.463 e. The zero-order valence-electron chi connectivity index (χ0n) is 9.30. The number of carbonyl (C=O) groups excluding carboxylic acids is 1. The van der Waals surface area contributed by atoms with E-state index in [9.17, 15) is 9.90 Å². The number of esters is 1. The lowest BCUT2D eigenvalue weighted by atomic mass is 10.2. The second kappa shape index (κ2) is 7.20. The van der Waals surface area contributed by atoms with Gasteiger partial charge in [-0.3, -0.25) is 0 Å². The third-order valence-corrected chi connectivity index (χ3v) is 1.75. The molecule has 2 N–H and O–H groups in total. The summed E-state index contributed by atoms with van der Waals surface area (Å²) in [6.45, 7) is 5.18. The summed E-state index contributed by atoms with van der Waals surface area (Å²) in [6, 6.07) is 0. The Morgan fingerprint density at radius 1 is 1.47 bits per heavy atom. The van der Waals surface area contributed by atoms with Crippen molar-refractivity contribution in [2.75, 3.05) is 6.61 Å². The van der Waals surface area contributed by atoms with Gasteiger partial charge in [-0.2, -0.15) is 0 Å². The Hall–Kier alpha value is -1.13. The van der Waals surface area contributed by atoms with Crippen LogP contribution >= 0.6 is 0 Å². The van der Waals surface area contributed by atoms with Crippen LogP contribution in [0.15, 0.2) is 23.8 Å². The van der Waals surface area contributed by atoms with E-state index in [1.165, 1.54) is 25.2 Å². The van der Waals surface area contributed by atoms with Gasteiger partial charge in [-0.1, -0.05) is 18.2 Å². The minimum absolute atomic E-state index is 0.337. The van der Waals surface area contributed by atoms with Gasteiger partial charge < -0.3 is 14.9 Å². The van der Waals surface area contributed by atoms with E-state index in [1.807, 2.05) is 0 Å². The summed E-state index contributed by atoms with van der Waals surface area (Å²) in [6.07, 6.45) is 2.72. The van der Waals surface area contributed by atoms with Crippen molar-refractivity contribution < 1.29 is 19.7 Å². The monoisotopic (exact) mass is 214 g/mol. The van der Waals surface area contributed by atoms with Gasteiger partial charge in [0.25, 0.3) is 0 Å². The number of hydrogen-bond donors (Lipinski definition) is 2. The lowest BCUT2D eigenvalue weighted by Crippen LogP contribution is -2.19. The van der Waals surface area contributed by atoms with E-state index in [0.29, 0.717) is 12.2 Å². The Balaban J connectivity index is 4.21. The summed E-state index contributed by atoms with van der Waals surface area (Å²) in [7, 11) is 0. The number of rotatable bonds is 5. The second-order valence-electron chi connectivity index (χ2n) is 3.19.